The maximum Gasteiger partial charge on any atom is 0.106 e. The molecule has 10 heavy (non-hydrogen) atoms. The van der Waals surface area contributed by atoms with Gasteiger partial charge >= 0.3 is 0 Å². The van der Waals surface area contributed by atoms with E-state index < -0.39 is 17.7 Å². The number of nitrogens with one attached hydrogen (secondary N) is 1. The van der Waals surface area contributed by atoms with Gasteiger partial charge in [0.1, 0.15) is 5.60 Å². The highest BCUT2D eigenvalue weighted by Crippen LogP contribution is 2.20. The fourth-order valence-corrected chi connectivity index (χ4v) is 1.15. The van der Waals surface area contributed by atoms with Crippen molar-refractivity contribution >= 4 is 0 Å². The minimum atomic E-state index is -1.19. The number of hydrogen-bond donors (Lipinski definition) is 4. The van der Waals surface area contributed by atoms with Gasteiger partial charge in [-0.15, -0.1) is 0 Å². The first-order valence-electron chi connectivity index (χ1n) is 3.33. The van der Waals surface area contributed by atoms with E-state index in [0.29, 0.717) is 6.54 Å². The van der Waals surface area contributed by atoms with Crippen LogP contribution in [0.25, 0.3) is 0 Å². The number of aliphatic hydroxyl groups excluding tert-OH is 2. The van der Waals surface area contributed by atoms with Crippen LogP contribution < -0.4 is 5.32 Å². The zero-order valence-corrected chi connectivity index (χ0v) is 5.91. The average molecular weight is 147 g/mol. The van der Waals surface area contributed by atoms with E-state index in [-0.39, 0.29) is 6.61 Å². The Bertz CT molecular complexity index is 126. The van der Waals surface area contributed by atoms with Gasteiger partial charge in [0.15, 0.2) is 0 Å². The van der Waals surface area contributed by atoms with Crippen molar-refractivity contribution in [1.82, 2.24) is 5.32 Å². The van der Waals surface area contributed by atoms with Crippen LogP contribution in [-0.4, -0.2) is 46.2 Å². The molecule has 0 bridgehead atoms. The van der Waals surface area contributed by atoms with Crippen molar-refractivity contribution in [2.24, 2.45) is 0 Å². The molecular formula is C6H13NO3. The zero-order valence-electron chi connectivity index (χ0n) is 5.91. The quantitative estimate of drug-likeness (QED) is 0.348. The number of hydrogen-bond acceptors (Lipinski definition) is 4. The van der Waals surface area contributed by atoms with Crippen LogP contribution in [0.4, 0.5) is 0 Å². The molecule has 1 aliphatic heterocycles. The summed E-state index contributed by atoms with van der Waals surface area (Å²) in [6.07, 6.45) is -0.773. The monoisotopic (exact) mass is 147 g/mol. The summed E-state index contributed by atoms with van der Waals surface area (Å²) in [5.41, 5.74) is -1.19. The van der Waals surface area contributed by atoms with E-state index in [2.05, 4.69) is 5.32 Å². The van der Waals surface area contributed by atoms with Gasteiger partial charge in [-0.05, 0) is 6.92 Å². The second-order valence-corrected chi connectivity index (χ2v) is 2.89. The normalized spacial score (nSPS) is 48.0. The molecule has 60 valence electrons. The van der Waals surface area contributed by atoms with Crippen molar-refractivity contribution in [3.63, 3.8) is 0 Å². The molecule has 0 aromatic rings. The summed E-state index contributed by atoms with van der Waals surface area (Å²) < 4.78 is 0. The zero-order chi connectivity index (χ0) is 7.78. The number of β-amino-alcohol motifs (C(OH)–C–C–N with tert-alkyl or cyclic N) is 1. The lowest BCUT2D eigenvalue weighted by Crippen LogP contribution is -2.47. The molecule has 3 atom stereocenters. The van der Waals surface area contributed by atoms with Crippen molar-refractivity contribution < 1.29 is 15.3 Å². The van der Waals surface area contributed by atoms with Crippen molar-refractivity contribution in [2.45, 2.75) is 24.7 Å². The van der Waals surface area contributed by atoms with E-state index in [0.717, 1.165) is 0 Å². The molecule has 1 heterocycles. The Hall–Kier alpha value is -0.160. The lowest BCUT2D eigenvalue weighted by Gasteiger charge is -2.25. The van der Waals surface area contributed by atoms with E-state index in [1.807, 2.05) is 0 Å². The fraction of sp³-hybridized carbons (Fsp3) is 1.00. The molecule has 4 heteroatoms. The van der Waals surface area contributed by atoms with Crippen LogP contribution in [0.15, 0.2) is 0 Å². The highest BCUT2D eigenvalue weighted by Gasteiger charge is 2.43. The summed E-state index contributed by atoms with van der Waals surface area (Å²) in [7, 11) is 0. The Morgan fingerprint density at radius 3 is 2.50 bits per heavy atom. The molecule has 1 saturated heterocycles. The molecule has 4 nitrogen and oxygen atoms in total. The topological polar surface area (TPSA) is 72.7 Å². The van der Waals surface area contributed by atoms with Gasteiger partial charge in [-0.2, -0.15) is 0 Å². The molecule has 0 amide bonds. The molecule has 0 aromatic heterocycles. The maximum atomic E-state index is 9.45. The van der Waals surface area contributed by atoms with Crippen LogP contribution in [0.2, 0.25) is 0 Å². The van der Waals surface area contributed by atoms with Crippen molar-refractivity contribution in [3.8, 4) is 0 Å². The van der Waals surface area contributed by atoms with Crippen LogP contribution in [0.1, 0.15) is 6.92 Å². The molecule has 0 spiro atoms. The van der Waals surface area contributed by atoms with E-state index in [9.17, 15) is 5.11 Å². The minimum absolute atomic E-state index is 0.149. The van der Waals surface area contributed by atoms with Gasteiger partial charge in [0.25, 0.3) is 0 Å². The molecule has 0 radical (unpaired) electrons. The SMILES string of the molecule is C[C@@]1(O)[C@H](O)CN[C@H]1CO. The minimum Gasteiger partial charge on any atom is -0.395 e. The van der Waals surface area contributed by atoms with Crippen LogP contribution in [-0.2, 0) is 0 Å². The Morgan fingerprint density at radius 1 is 1.70 bits per heavy atom. The van der Waals surface area contributed by atoms with Gasteiger partial charge in [0, 0.05) is 6.54 Å². The second kappa shape index (κ2) is 2.47. The summed E-state index contributed by atoms with van der Waals surface area (Å²) in [5.74, 6) is 0. The van der Waals surface area contributed by atoms with Crippen LogP contribution in [0, 0.1) is 0 Å². The maximum absolute atomic E-state index is 9.45. The third-order valence-corrected chi connectivity index (χ3v) is 2.12. The van der Waals surface area contributed by atoms with Crippen molar-refractivity contribution in [3.05, 3.63) is 0 Å². The van der Waals surface area contributed by atoms with Gasteiger partial charge in [-0.1, -0.05) is 0 Å². The Labute approximate surface area is 59.5 Å². The molecule has 0 saturated carbocycles. The molecule has 1 aliphatic rings. The molecule has 4 N–H and O–H groups in total. The summed E-state index contributed by atoms with van der Waals surface area (Å²) in [5, 5.41) is 30.1. The first kappa shape index (κ1) is 7.94. The third kappa shape index (κ3) is 1.03. The summed E-state index contributed by atoms with van der Waals surface area (Å²) in [6.45, 7) is 1.71. The fourth-order valence-electron chi connectivity index (χ4n) is 1.15. The Morgan fingerprint density at radius 2 is 2.30 bits per heavy atom. The summed E-state index contributed by atoms with van der Waals surface area (Å²) in [6, 6.07) is -0.400. The van der Waals surface area contributed by atoms with Gasteiger partial charge in [-0.25, -0.2) is 0 Å². The van der Waals surface area contributed by atoms with E-state index in [1.54, 1.807) is 0 Å². The van der Waals surface area contributed by atoms with E-state index in [1.165, 1.54) is 6.92 Å². The predicted molar refractivity (Wildman–Crippen MR) is 35.5 cm³/mol. The van der Waals surface area contributed by atoms with Crippen LogP contribution in [0.3, 0.4) is 0 Å². The smallest absolute Gasteiger partial charge is 0.106 e. The Kier molecular flexibility index (Phi) is 1.96. The van der Waals surface area contributed by atoms with Crippen molar-refractivity contribution in [2.75, 3.05) is 13.2 Å². The standard InChI is InChI=1S/C6H13NO3/c1-6(10)4(3-8)7-2-5(6)9/h4-5,7-10H,2-3H2,1H3/t4-,5+,6-/m0/s1. The molecule has 1 rings (SSSR count). The molecule has 0 unspecified atom stereocenters. The lowest BCUT2D eigenvalue weighted by atomic mass is 9.96. The highest BCUT2D eigenvalue weighted by molar-refractivity contribution is 5.00. The number of aliphatic hydroxyl groups is 3. The molecular weight excluding hydrogens is 134 g/mol. The first-order chi connectivity index (χ1) is 4.59. The third-order valence-electron chi connectivity index (χ3n) is 2.12. The Balaban J connectivity index is 2.64. The van der Waals surface area contributed by atoms with Crippen LogP contribution >= 0.6 is 0 Å². The molecule has 0 aliphatic carbocycles. The lowest BCUT2D eigenvalue weighted by molar-refractivity contribution is -0.0539. The van der Waals surface area contributed by atoms with E-state index >= 15 is 0 Å². The van der Waals surface area contributed by atoms with Gasteiger partial charge < -0.3 is 20.6 Å². The molecule has 0 aromatic carbocycles. The van der Waals surface area contributed by atoms with E-state index in [4.69, 9.17) is 10.2 Å². The highest BCUT2D eigenvalue weighted by atomic mass is 16.3. The largest absolute Gasteiger partial charge is 0.395 e. The summed E-state index contributed by atoms with van der Waals surface area (Å²) >= 11 is 0. The second-order valence-electron chi connectivity index (χ2n) is 2.89. The number of rotatable bonds is 1. The van der Waals surface area contributed by atoms with Gasteiger partial charge in [-0.3, -0.25) is 0 Å². The van der Waals surface area contributed by atoms with Gasteiger partial charge in [0.05, 0.1) is 18.8 Å². The van der Waals surface area contributed by atoms with Crippen LogP contribution in [0.5, 0.6) is 0 Å². The predicted octanol–water partition coefficient (Wildman–Crippen LogP) is -1.94. The molecule has 1 fully saturated rings. The first-order valence-corrected chi connectivity index (χ1v) is 3.33. The average Bonchev–Trinajstić information content (AvgIpc) is 2.10. The van der Waals surface area contributed by atoms with Gasteiger partial charge in [0.2, 0.25) is 0 Å². The summed E-state index contributed by atoms with van der Waals surface area (Å²) in [4.78, 5) is 0. The van der Waals surface area contributed by atoms with Crippen molar-refractivity contribution in [1.29, 1.82) is 0 Å².